The van der Waals surface area contributed by atoms with Crippen LogP contribution in [-0.4, -0.2) is 39.9 Å². The van der Waals surface area contributed by atoms with Crippen molar-refractivity contribution in [2.45, 2.75) is 37.5 Å². The van der Waals surface area contributed by atoms with Crippen LogP contribution in [0.5, 0.6) is 5.75 Å². The summed E-state index contributed by atoms with van der Waals surface area (Å²) < 4.78 is 0. The summed E-state index contributed by atoms with van der Waals surface area (Å²) in [5.74, 6) is -3.81. The molecule has 44 heavy (non-hydrogen) atoms. The zero-order chi connectivity index (χ0) is 30.7. The number of nitrogens with zero attached hydrogens (tertiary/aromatic N) is 1. The van der Waals surface area contributed by atoms with E-state index in [1.54, 1.807) is 6.07 Å². The highest BCUT2D eigenvalue weighted by Gasteiger charge is 2.66. The lowest BCUT2D eigenvalue weighted by Gasteiger charge is -2.55. The molecule has 4 aliphatic rings. The molecule has 1 heterocycles. The predicted molar refractivity (Wildman–Crippen MR) is 167 cm³/mol. The van der Waals surface area contributed by atoms with Gasteiger partial charge in [0.1, 0.15) is 5.75 Å². The van der Waals surface area contributed by atoms with Crippen molar-refractivity contribution < 1.29 is 24.3 Å². The van der Waals surface area contributed by atoms with Gasteiger partial charge in [-0.2, -0.15) is 0 Å². The van der Waals surface area contributed by atoms with Crippen molar-refractivity contribution in [2.24, 2.45) is 23.7 Å². The van der Waals surface area contributed by atoms with E-state index in [2.05, 4.69) is 0 Å². The monoisotopic (exact) mass is 605 g/mol. The highest BCUT2D eigenvalue weighted by atomic mass is 35.5. The van der Waals surface area contributed by atoms with Crippen LogP contribution in [0.15, 0.2) is 96.6 Å². The minimum absolute atomic E-state index is 0.0156. The van der Waals surface area contributed by atoms with E-state index >= 15 is 0 Å². The summed E-state index contributed by atoms with van der Waals surface area (Å²) in [6.07, 6.45) is 4.79. The minimum Gasteiger partial charge on any atom is -0.508 e. The van der Waals surface area contributed by atoms with E-state index < -0.39 is 35.0 Å². The van der Waals surface area contributed by atoms with Crippen molar-refractivity contribution in [3.63, 3.8) is 0 Å². The van der Waals surface area contributed by atoms with Crippen LogP contribution >= 0.6 is 11.6 Å². The zero-order valence-electron chi connectivity index (χ0n) is 24.3. The molecule has 1 saturated heterocycles. The topological polar surface area (TPSA) is 91.8 Å². The summed E-state index contributed by atoms with van der Waals surface area (Å²) in [7, 11) is 0. The van der Waals surface area contributed by atoms with E-state index in [1.807, 2.05) is 73.7 Å². The van der Waals surface area contributed by atoms with Crippen LogP contribution in [0.1, 0.15) is 48.8 Å². The van der Waals surface area contributed by atoms with Gasteiger partial charge in [0.2, 0.25) is 11.8 Å². The number of carbonyl (C=O) groups is 4. The number of carbonyl (C=O) groups excluding carboxylic acids is 4. The number of benzene rings is 3. The van der Waals surface area contributed by atoms with Crippen molar-refractivity contribution in [1.29, 1.82) is 0 Å². The van der Waals surface area contributed by atoms with Gasteiger partial charge in [-0.3, -0.25) is 24.1 Å². The van der Waals surface area contributed by atoms with Gasteiger partial charge in [0.15, 0.2) is 11.6 Å². The lowest BCUT2D eigenvalue weighted by Crippen LogP contribution is -2.58. The van der Waals surface area contributed by atoms with Gasteiger partial charge < -0.3 is 5.11 Å². The fourth-order valence-corrected chi connectivity index (χ4v) is 8.76. The fraction of sp³-hybridized carbons (Fsp3) is 0.297. The first-order chi connectivity index (χ1) is 21.3. The average molecular weight is 606 g/mol. The number of halogens is 1. The second-order valence-electron chi connectivity index (χ2n) is 12.3. The number of likely N-dealkylation sites (tertiary alicyclic amines) is 1. The Hall–Kier alpha value is -4.29. The lowest BCUT2D eigenvalue weighted by molar-refractivity contribution is -0.140. The summed E-state index contributed by atoms with van der Waals surface area (Å²) in [4.78, 5) is 58.5. The van der Waals surface area contributed by atoms with Crippen LogP contribution in [-0.2, 0) is 24.6 Å². The van der Waals surface area contributed by atoms with E-state index in [1.165, 1.54) is 23.1 Å². The van der Waals surface area contributed by atoms with Gasteiger partial charge >= 0.3 is 0 Å². The number of imide groups is 1. The average Bonchev–Trinajstić information content (AvgIpc) is 3.28. The van der Waals surface area contributed by atoms with Crippen molar-refractivity contribution >= 4 is 40.6 Å². The van der Waals surface area contributed by atoms with Gasteiger partial charge in [-0.15, -0.1) is 0 Å². The number of amides is 2. The SMILES string of the molecule is CCCN1C(=O)[C@H]2[C@H](CC=C3[C@H]2C[C@H]2C(=O)C(c4ccccc4)=CC(=O)[C@@]2(c2ccccc2)[C@H]3c2ccc(O)cc2Cl)C1=O. The number of rotatable bonds is 5. The quantitative estimate of drug-likeness (QED) is 0.273. The molecule has 0 unspecified atom stereocenters. The third-order valence-corrected chi connectivity index (χ3v) is 10.5. The summed E-state index contributed by atoms with van der Waals surface area (Å²) in [6.45, 7) is 2.29. The smallest absolute Gasteiger partial charge is 0.233 e. The van der Waals surface area contributed by atoms with Gasteiger partial charge in [-0.25, -0.2) is 0 Å². The maximum absolute atomic E-state index is 14.9. The van der Waals surface area contributed by atoms with Gasteiger partial charge in [0.25, 0.3) is 0 Å². The van der Waals surface area contributed by atoms with E-state index in [-0.39, 0.29) is 40.6 Å². The Bertz CT molecular complexity index is 1760. The molecule has 222 valence electrons. The number of hydrogen-bond donors (Lipinski definition) is 1. The number of ketones is 2. The summed E-state index contributed by atoms with van der Waals surface area (Å²) in [5, 5.41) is 10.6. The van der Waals surface area contributed by atoms with Gasteiger partial charge in [-0.1, -0.05) is 96.9 Å². The molecule has 7 rings (SSSR count). The molecular formula is C37H32ClNO5. The molecule has 7 heteroatoms. The van der Waals surface area contributed by atoms with E-state index in [4.69, 9.17) is 11.6 Å². The number of hydrogen-bond acceptors (Lipinski definition) is 5. The van der Waals surface area contributed by atoms with Crippen LogP contribution in [0.2, 0.25) is 5.02 Å². The summed E-state index contributed by atoms with van der Waals surface area (Å²) in [5.41, 5.74) is 1.83. The van der Waals surface area contributed by atoms with Crippen molar-refractivity contribution in [1.82, 2.24) is 4.90 Å². The minimum atomic E-state index is -1.35. The maximum Gasteiger partial charge on any atom is 0.233 e. The Morgan fingerprint density at radius 2 is 1.61 bits per heavy atom. The third kappa shape index (κ3) is 4.00. The van der Waals surface area contributed by atoms with Gasteiger partial charge in [0.05, 0.1) is 17.3 Å². The molecular weight excluding hydrogens is 574 g/mol. The van der Waals surface area contributed by atoms with Crippen LogP contribution < -0.4 is 0 Å². The second-order valence-corrected chi connectivity index (χ2v) is 12.7. The second kappa shape index (κ2) is 10.7. The third-order valence-electron chi connectivity index (χ3n) is 10.2. The maximum atomic E-state index is 14.9. The highest BCUT2D eigenvalue weighted by Crippen LogP contribution is 2.64. The van der Waals surface area contributed by atoms with Crippen LogP contribution in [0.4, 0.5) is 0 Å². The summed E-state index contributed by atoms with van der Waals surface area (Å²) >= 11 is 6.88. The first kappa shape index (κ1) is 28.5. The lowest BCUT2D eigenvalue weighted by atomic mass is 9.44. The Kier molecular flexibility index (Phi) is 6.93. The molecule has 0 aromatic heterocycles. The molecule has 3 aromatic carbocycles. The molecule has 6 nitrogen and oxygen atoms in total. The summed E-state index contributed by atoms with van der Waals surface area (Å²) in [6, 6.07) is 23.3. The largest absolute Gasteiger partial charge is 0.508 e. The first-order valence-corrected chi connectivity index (χ1v) is 15.6. The van der Waals surface area contributed by atoms with Gasteiger partial charge in [-0.05, 0) is 60.1 Å². The van der Waals surface area contributed by atoms with Crippen LogP contribution in [0, 0.1) is 23.7 Å². The Balaban J connectivity index is 1.51. The zero-order valence-corrected chi connectivity index (χ0v) is 25.0. The highest BCUT2D eigenvalue weighted by molar-refractivity contribution is 6.33. The number of fused-ring (bicyclic) bond motifs is 4. The molecule has 2 fully saturated rings. The van der Waals surface area contributed by atoms with E-state index in [0.717, 1.165) is 5.57 Å². The van der Waals surface area contributed by atoms with Crippen LogP contribution in [0.3, 0.4) is 0 Å². The molecule has 1 N–H and O–H groups in total. The number of phenols is 1. The standard InChI is InChI=1S/C37H32ClNO5/c1-2-17-39-35(43)26-16-15-24-28(32(26)36(39)44)19-29-34(42)27(21-9-5-3-6-10-21)20-31(41)37(29,22-11-7-4-8-12-22)33(24)25-14-13-23(40)18-30(25)38/h3-15,18,20,26,28-29,32-33,40H,2,16-17,19H2,1H3/t26-,28+,29-,32-,33+,37-/m0/s1. The van der Waals surface area contributed by atoms with E-state index in [0.29, 0.717) is 41.6 Å². The van der Waals surface area contributed by atoms with E-state index in [9.17, 15) is 24.3 Å². The van der Waals surface area contributed by atoms with Crippen LogP contribution in [0.25, 0.3) is 5.57 Å². The number of allylic oxidation sites excluding steroid dienone is 4. The normalized spacial score (nSPS) is 29.5. The molecule has 6 atom stereocenters. The molecule has 1 aliphatic heterocycles. The Morgan fingerprint density at radius 1 is 0.909 bits per heavy atom. The molecule has 0 spiro atoms. The fourth-order valence-electron chi connectivity index (χ4n) is 8.48. The first-order valence-electron chi connectivity index (χ1n) is 15.2. The number of Topliss-reactive ketones (excluding diaryl/α,β-unsaturated/α-hetero) is 1. The number of phenolic OH excluding ortho intramolecular Hbond substituents is 1. The molecule has 0 bridgehead atoms. The predicted octanol–water partition coefficient (Wildman–Crippen LogP) is 6.28. The Morgan fingerprint density at radius 3 is 2.30 bits per heavy atom. The molecule has 2 amide bonds. The van der Waals surface area contributed by atoms with Crippen molar-refractivity contribution in [3.8, 4) is 5.75 Å². The van der Waals surface area contributed by atoms with Gasteiger partial charge in [0, 0.05) is 29.0 Å². The Labute approximate surface area is 261 Å². The van der Waals surface area contributed by atoms with Crippen molar-refractivity contribution in [3.05, 3.63) is 118 Å². The molecule has 3 aromatic rings. The molecule has 1 saturated carbocycles. The van der Waals surface area contributed by atoms with Crippen molar-refractivity contribution in [2.75, 3.05) is 6.54 Å². The number of aromatic hydroxyl groups is 1. The molecule has 3 aliphatic carbocycles. The molecule has 0 radical (unpaired) electrons.